The standard InChI is InChI=1S/C12H21N5O3S/c1-4-14-12(18)10-7-13-5-6-17(10)21(19,20)11-8(2)15-16-9(11)3/h10,13H,4-7H2,1-3H3,(H,14,18)(H,15,16). The van der Waals surface area contributed by atoms with Crippen LogP contribution >= 0.6 is 0 Å². The summed E-state index contributed by atoms with van der Waals surface area (Å²) in [5, 5.41) is 12.4. The number of amides is 1. The number of aromatic nitrogens is 2. The maximum absolute atomic E-state index is 12.9. The Bertz CT molecular complexity index is 605. The number of aryl methyl sites for hydroxylation is 2. The summed E-state index contributed by atoms with van der Waals surface area (Å²) < 4.78 is 27.0. The molecule has 0 radical (unpaired) electrons. The summed E-state index contributed by atoms with van der Waals surface area (Å²) in [6, 6.07) is -0.739. The minimum Gasteiger partial charge on any atom is -0.355 e. The average molecular weight is 315 g/mol. The lowest BCUT2D eigenvalue weighted by atomic mass is 10.2. The molecule has 1 unspecified atom stereocenters. The number of sulfonamides is 1. The van der Waals surface area contributed by atoms with Crippen molar-refractivity contribution in [2.24, 2.45) is 0 Å². The molecule has 3 N–H and O–H groups in total. The lowest BCUT2D eigenvalue weighted by Crippen LogP contribution is -2.59. The van der Waals surface area contributed by atoms with Crippen LogP contribution in [0, 0.1) is 13.8 Å². The first-order valence-electron chi connectivity index (χ1n) is 6.91. The van der Waals surface area contributed by atoms with Gasteiger partial charge in [0.25, 0.3) is 0 Å². The Labute approximate surface area is 124 Å². The summed E-state index contributed by atoms with van der Waals surface area (Å²) in [5.74, 6) is -0.285. The summed E-state index contributed by atoms with van der Waals surface area (Å²) in [6.07, 6.45) is 0. The van der Waals surface area contributed by atoms with Gasteiger partial charge in [-0.3, -0.25) is 9.89 Å². The van der Waals surface area contributed by atoms with Crippen molar-refractivity contribution in [1.82, 2.24) is 25.1 Å². The molecule has 1 aromatic heterocycles. The van der Waals surface area contributed by atoms with Gasteiger partial charge in [0.05, 0.1) is 11.4 Å². The van der Waals surface area contributed by atoms with Crippen molar-refractivity contribution in [2.75, 3.05) is 26.2 Å². The highest BCUT2D eigenvalue weighted by Crippen LogP contribution is 2.24. The maximum Gasteiger partial charge on any atom is 0.247 e. The molecule has 0 aliphatic carbocycles. The van der Waals surface area contributed by atoms with Crippen molar-refractivity contribution >= 4 is 15.9 Å². The molecule has 1 aliphatic heterocycles. The van der Waals surface area contributed by atoms with Crippen LogP contribution in [0.3, 0.4) is 0 Å². The highest BCUT2D eigenvalue weighted by molar-refractivity contribution is 7.89. The Morgan fingerprint density at radius 2 is 2.19 bits per heavy atom. The van der Waals surface area contributed by atoms with Crippen LogP contribution in [0.4, 0.5) is 0 Å². The summed E-state index contributed by atoms with van der Waals surface area (Å²) >= 11 is 0. The van der Waals surface area contributed by atoms with Gasteiger partial charge in [-0.05, 0) is 20.8 Å². The van der Waals surface area contributed by atoms with Gasteiger partial charge in [-0.15, -0.1) is 0 Å². The second-order valence-corrected chi connectivity index (χ2v) is 6.82. The van der Waals surface area contributed by atoms with E-state index in [1.165, 1.54) is 4.31 Å². The van der Waals surface area contributed by atoms with Crippen LogP contribution in [0.2, 0.25) is 0 Å². The molecule has 0 bridgehead atoms. The number of hydrogen-bond donors (Lipinski definition) is 3. The number of nitrogens with one attached hydrogen (secondary N) is 3. The molecule has 0 saturated carbocycles. The highest BCUT2D eigenvalue weighted by atomic mass is 32.2. The number of likely N-dealkylation sites (N-methyl/N-ethyl adjacent to an activating group) is 1. The molecule has 1 aliphatic rings. The van der Waals surface area contributed by atoms with Crippen LogP contribution in [0.15, 0.2) is 4.90 Å². The van der Waals surface area contributed by atoms with Crippen molar-refractivity contribution in [3.05, 3.63) is 11.4 Å². The van der Waals surface area contributed by atoms with Gasteiger partial charge in [0.1, 0.15) is 10.9 Å². The molecule has 0 spiro atoms. The van der Waals surface area contributed by atoms with Crippen molar-refractivity contribution in [3.63, 3.8) is 0 Å². The molecule has 21 heavy (non-hydrogen) atoms. The van der Waals surface area contributed by atoms with E-state index in [0.29, 0.717) is 31.0 Å². The Kier molecular flexibility index (Phi) is 4.64. The normalized spacial score (nSPS) is 20.4. The Morgan fingerprint density at radius 1 is 1.48 bits per heavy atom. The second-order valence-electron chi connectivity index (χ2n) is 4.99. The first-order valence-corrected chi connectivity index (χ1v) is 8.35. The van der Waals surface area contributed by atoms with Gasteiger partial charge in [0, 0.05) is 26.2 Å². The number of hydrogen-bond acceptors (Lipinski definition) is 5. The fraction of sp³-hybridized carbons (Fsp3) is 0.667. The minimum absolute atomic E-state index is 0.165. The zero-order valence-electron chi connectivity index (χ0n) is 12.4. The van der Waals surface area contributed by atoms with Crippen LogP contribution in [-0.4, -0.2) is 61.0 Å². The van der Waals surface area contributed by atoms with Crippen LogP contribution in [-0.2, 0) is 14.8 Å². The molecule has 2 rings (SSSR count). The first kappa shape index (κ1) is 15.9. The van der Waals surface area contributed by atoms with E-state index >= 15 is 0 Å². The molecular weight excluding hydrogens is 294 g/mol. The van der Waals surface area contributed by atoms with Crippen LogP contribution in [0.25, 0.3) is 0 Å². The van der Waals surface area contributed by atoms with Crippen molar-refractivity contribution in [3.8, 4) is 0 Å². The van der Waals surface area contributed by atoms with E-state index in [4.69, 9.17) is 0 Å². The number of carbonyl (C=O) groups excluding carboxylic acids is 1. The maximum atomic E-state index is 12.9. The molecule has 1 fully saturated rings. The van der Waals surface area contributed by atoms with Crippen molar-refractivity contribution in [2.45, 2.75) is 31.7 Å². The third-order valence-corrected chi connectivity index (χ3v) is 5.65. The topological polar surface area (TPSA) is 107 Å². The van der Waals surface area contributed by atoms with E-state index in [2.05, 4.69) is 20.8 Å². The van der Waals surface area contributed by atoms with Gasteiger partial charge in [-0.25, -0.2) is 8.42 Å². The molecule has 2 heterocycles. The number of carbonyl (C=O) groups is 1. The summed E-state index contributed by atoms with van der Waals surface area (Å²) in [7, 11) is -3.75. The van der Waals surface area contributed by atoms with Gasteiger partial charge in [0.15, 0.2) is 0 Å². The van der Waals surface area contributed by atoms with Gasteiger partial charge < -0.3 is 10.6 Å². The molecule has 1 saturated heterocycles. The van der Waals surface area contributed by atoms with Crippen LogP contribution in [0.5, 0.6) is 0 Å². The highest BCUT2D eigenvalue weighted by Gasteiger charge is 2.39. The van der Waals surface area contributed by atoms with E-state index in [1.54, 1.807) is 20.8 Å². The summed E-state index contributed by atoms with van der Waals surface area (Å²) in [6.45, 7) is 6.65. The van der Waals surface area contributed by atoms with E-state index in [1.807, 2.05) is 0 Å². The molecule has 9 heteroatoms. The Hall–Kier alpha value is -1.45. The summed E-state index contributed by atoms with van der Waals surface area (Å²) in [5.41, 5.74) is 0.904. The fourth-order valence-electron chi connectivity index (χ4n) is 2.53. The van der Waals surface area contributed by atoms with Gasteiger partial charge >= 0.3 is 0 Å². The fourth-order valence-corrected chi connectivity index (χ4v) is 4.45. The van der Waals surface area contributed by atoms with E-state index < -0.39 is 16.1 Å². The van der Waals surface area contributed by atoms with Gasteiger partial charge in [0.2, 0.25) is 15.9 Å². The molecular formula is C12H21N5O3S. The minimum atomic E-state index is -3.75. The lowest BCUT2D eigenvalue weighted by Gasteiger charge is -2.34. The first-order chi connectivity index (χ1) is 9.89. The van der Waals surface area contributed by atoms with Gasteiger partial charge in [-0.1, -0.05) is 0 Å². The predicted octanol–water partition coefficient (Wildman–Crippen LogP) is -0.875. The Morgan fingerprint density at radius 3 is 2.76 bits per heavy atom. The molecule has 0 aromatic carbocycles. The largest absolute Gasteiger partial charge is 0.355 e. The number of aromatic amines is 1. The third-order valence-electron chi connectivity index (χ3n) is 3.48. The molecule has 118 valence electrons. The zero-order valence-corrected chi connectivity index (χ0v) is 13.2. The quantitative estimate of drug-likeness (QED) is 0.669. The van der Waals surface area contributed by atoms with Crippen molar-refractivity contribution < 1.29 is 13.2 Å². The Balaban J connectivity index is 2.39. The SMILES string of the molecule is CCNC(=O)C1CNCCN1S(=O)(=O)c1c(C)n[nH]c1C. The average Bonchev–Trinajstić information content (AvgIpc) is 2.79. The molecule has 1 atom stereocenters. The van der Waals surface area contributed by atoms with Crippen LogP contribution < -0.4 is 10.6 Å². The van der Waals surface area contributed by atoms with Crippen LogP contribution in [0.1, 0.15) is 18.3 Å². The number of H-pyrrole nitrogens is 1. The smallest absolute Gasteiger partial charge is 0.247 e. The second kappa shape index (κ2) is 6.12. The van der Waals surface area contributed by atoms with E-state index in [0.717, 1.165) is 0 Å². The molecule has 8 nitrogen and oxygen atoms in total. The predicted molar refractivity (Wildman–Crippen MR) is 77.3 cm³/mol. The van der Waals surface area contributed by atoms with Crippen molar-refractivity contribution in [1.29, 1.82) is 0 Å². The zero-order chi connectivity index (χ0) is 15.6. The molecule has 1 aromatic rings. The number of nitrogens with zero attached hydrogens (tertiary/aromatic N) is 2. The lowest BCUT2D eigenvalue weighted by molar-refractivity contribution is -0.125. The third kappa shape index (κ3) is 2.94. The number of piperazine rings is 1. The van der Waals surface area contributed by atoms with E-state index in [9.17, 15) is 13.2 Å². The van der Waals surface area contributed by atoms with E-state index in [-0.39, 0.29) is 17.3 Å². The molecule has 1 amide bonds. The summed E-state index contributed by atoms with van der Waals surface area (Å²) in [4.78, 5) is 12.3. The monoisotopic (exact) mass is 315 g/mol. The number of rotatable bonds is 4. The van der Waals surface area contributed by atoms with Gasteiger partial charge in [-0.2, -0.15) is 9.40 Å².